The minimum atomic E-state index is -0.428. The molecule has 5 nitrogen and oxygen atoms in total. The molecule has 2 heterocycles. The lowest BCUT2D eigenvalue weighted by Crippen LogP contribution is -2.06. The predicted octanol–water partition coefficient (Wildman–Crippen LogP) is 2.61. The number of aromatic nitrogens is 4. The summed E-state index contributed by atoms with van der Waals surface area (Å²) in [5, 5.41) is 0. The molecule has 0 aliphatic rings. The van der Waals surface area contributed by atoms with Gasteiger partial charge >= 0.3 is 0 Å². The van der Waals surface area contributed by atoms with E-state index in [1.54, 1.807) is 29.1 Å². The van der Waals surface area contributed by atoms with Crippen LogP contribution in [0.25, 0.3) is 17.2 Å². The second-order valence-corrected chi connectivity index (χ2v) is 4.56. The zero-order valence-corrected chi connectivity index (χ0v) is 11.5. The minimum Gasteiger partial charge on any atom is -0.399 e. The predicted molar refractivity (Wildman–Crippen MR) is 78.3 cm³/mol. The van der Waals surface area contributed by atoms with Gasteiger partial charge in [-0.1, -0.05) is 19.1 Å². The van der Waals surface area contributed by atoms with Crippen LogP contribution in [0.15, 0.2) is 43.0 Å². The highest BCUT2D eigenvalue weighted by Crippen LogP contribution is 2.24. The van der Waals surface area contributed by atoms with Crippen molar-refractivity contribution in [3.63, 3.8) is 0 Å². The van der Waals surface area contributed by atoms with Crippen LogP contribution in [0.2, 0.25) is 0 Å². The molecule has 2 N–H and O–H groups in total. The maximum absolute atomic E-state index is 14.4. The second-order valence-electron chi connectivity index (χ2n) is 4.56. The van der Waals surface area contributed by atoms with Gasteiger partial charge in [-0.25, -0.2) is 19.3 Å². The number of rotatable bonds is 3. The number of anilines is 1. The fourth-order valence-corrected chi connectivity index (χ4v) is 2.18. The highest BCUT2D eigenvalue weighted by atomic mass is 19.1. The van der Waals surface area contributed by atoms with Gasteiger partial charge in [0, 0.05) is 23.6 Å². The molecule has 0 spiro atoms. The molecule has 0 unspecified atom stereocenters. The number of nitrogens with two attached hydrogens (primary N) is 1. The number of nitrogens with zero attached hydrogens (tertiary/aromatic N) is 4. The van der Waals surface area contributed by atoms with E-state index < -0.39 is 5.82 Å². The molecule has 3 rings (SSSR count). The fraction of sp³-hybridized carbons (Fsp3) is 0.133. The van der Waals surface area contributed by atoms with E-state index in [0.717, 1.165) is 5.56 Å². The van der Waals surface area contributed by atoms with E-state index in [1.165, 1.54) is 6.33 Å². The third-order valence-corrected chi connectivity index (χ3v) is 3.19. The van der Waals surface area contributed by atoms with Gasteiger partial charge in [0.05, 0.1) is 5.69 Å². The summed E-state index contributed by atoms with van der Waals surface area (Å²) in [5.74, 6) is 0.349. The SMILES string of the molecule is CCc1ncnc(-n2ccnc2-c2cccc(N)c2)c1F. The second kappa shape index (κ2) is 5.32. The molecule has 106 valence electrons. The lowest BCUT2D eigenvalue weighted by Gasteiger charge is -2.09. The maximum atomic E-state index is 14.4. The molecule has 0 atom stereocenters. The highest BCUT2D eigenvalue weighted by molar-refractivity contribution is 5.63. The molecule has 0 saturated carbocycles. The van der Waals surface area contributed by atoms with Crippen LogP contribution in [0, 0.1) is 5.82 Å². The molecule has 1 aromatic carbocycles. The number of halogens is 1. The van der Waals surface area contributed by atoms with Crippen LogP contribution in [-0.4, -0.2) is 19.5 Å². The van der Waals surface area contributed by atoms with Gasteiger partial charge in [0.15, 0.2) is 11.6 Å². The first kappa shape index (κ1) is 13.2. The number of benzene rings is 1. The smallest absolute Gasteiger partial charge is 0.187 e. The zero-order chi connectivity index (χ0) is 14.8. The van der Waals surface area contributed by atoms with E-state index in [1.807, 2.05) is 19.1 Å². The number of nitrogen functional groups attached to an aromatic ring is 1. The Morgan fingerprint density at radius 1 is 1.24 bits per heavy atom. The van der Waals surface area contributed by atoms with Gasteiger partial charge in [-0.3, -0.25) is 4.57 Å². The van der Waals surface area contributed by atoms with Gasteiger partial charge in [-0.15, -0.1) is 0 Å². The van der Waals surface area contributed by atoms with Crippen molar-refractivity contribution < 1.29 is 4.39 Å². The van der Waals surface area contributed by atoms with Crippen LogP contribution < -0.4 is 5.73 Å². The molecule has 2 aromatic heterocycles. The summed E-state index contributed by atoms with van der Waals surface area (Å²) in [7, 11) is 0. The summed E-state index contributed by atoms with van der Waals surface area (Å²) in [6, 6.07) is 7.28. The molecule has 0 aliphatic heterocycles. The van der Waals surface area contributed by atoms with Crippen molar-refractivity contribution in [1.29, 1.82) is 0 Å². The summed E-state index contributed by atoms with van der Waals surface area (Å²) < 4.78 is 16.0. The van der Waals surface area contributed by atoms with Crippen LogP contribution in [0.4, 0.5) is 10.1 Å². The molecule has 0 aliphatic carbocycles. The first-order valence-corrected chi connectivity index (χ1v) is 6.59. The maximum Gasteiger partial charge on any atom is 0.187 e. The molecule has 0 saturated heterocycles. The summed E-state index contributed by atoms with van der Waals surface area (Å²) in [4.78, 5) is 12.3. The number of imidazole rings is 1. The van der Waals surface area contributed by atoms with Crippen molar-refractivity contribution in [3.8, 4) is 17.2 Å². The molecule has 0 radical (unpaired) electrons. The number of hydrogen-bond acceptors (Lipinski definition) is 4. The number of hydrogen-bond donors (Lipinski definition) is 1. The molecular formula is C15H14FN5. The van der Waals surface area contributed by atoms with Gasteiger partial charge in [0.1, 0.15) is 12.2 Å². The van der Waals surface area contributed by atoms with Crippen LogP contribution in [-0.2, 0) is 6.42 Å². The normalized spacial score (nSPS) is 10.8. The van der Waals surface area contributed by atoms with Crippen molar-refractivity contribution in [3.05, 3.63) is 54.5 Å². The Hall–Kier alpha value is -2.76. The minimum absolute atomic E-state index is 0.191. The fourth-order valence-electron chi connectivity index (χ4n) is 2.18. The molecular weight excluding hydrogens is 269 g/mol. The summed E-state index contributed by atoms with van der Waals surface area (Å²) in [6.07, 6.45) is 5.14. The molecule has 6 heteroatoms. The Balaban J connectivity index is 2.16. The zero-order valence-electron chi connectivity index (χ0n) is 11.5. The monoisotopic (exact) mass is 283 g/mol. The van der Waals surface area contributed by atoms with Gasteiger partial charge in [-0.2, -0.15) is 0 Å². The van der Waals surface area contributed by atoms with Crippen LogP contribution in [0.3, 0.4) is 0 Å². The lowest BCUT2D eigenvalue weighted by molar-refractivity contribution is 0.582. The summed E-state index contributed by atoms with van der Waals surface area (Å²) in [6.45, 7) is 1.85. The van der Waals surface area contributed by atoms with E-state index >= 15 is 0 Å². The van der Waals surface area contributed by atoms with Gasteiger partial charge in [0.25, 0.3) is 0 Å². The van der Waals surface area contributed by atoms with E-state index in [-0.39, 0.29) is 5.82 Å². The molecule has 3 aromatic rings. The van der Waals surface area contributed by atoms with E-state index in [0.29, 0.717) is 23.6 Å². The van der Waals surface area contributed by atoms with Crippen molar-refractivity contribution in [2.24, 2.45) is 0 Å². The Morgan fingerprint density at radius 3 is 2.86 bits per heavy atom. The third-order valence-electron chi connectivity index (χ3n) is 3.19. The van der Waals surface area contributed by atoms with E-state index in [4.69, 9.17) is 5.73 Å². The topological polar surface area (TPSA) is 69.6 Å². The van der Waals surface area contributed by atoms with Crippen molar-refractivity contribution in [2.45, 2.75) is 13.3 Å². The average molecular weight is 283 g/mol. The van der Waals surface area contributed by atoms with Crippen LogP contribution >= 0.6 is 0 Å². The third kappa shape index (κ3) is 2.35. The summed E-state index contributed by atoms with van der Waals surface area (Å²) >= 11 is 0. The van der Waals surface area contributed by atoms with Crippen molar-refractivity contribution in [2.75, 3.05) is 5.73 Å². The first-order valence-electron chi connectivity index (χ1n) is 6.59. The summed E-state index contributed by atoms with van der Waals surface area (Å²) in [5.41, 5.74) is 7.60. The van der Waals surface area contributed by atoms with Crippen molar-refractivity contribution in [1.82, 2.24) is 19.5 Å². The molecule has 0 fully saturated rings. The van der Waals surface area contributed by atoms with Gasteiger partial charge in [-0.05, 0) is 18.6 Å². The quantitative estimate of drug-likeness (QED) is 0.750. The number of aryl methyl sites for hydroxylation is 1. The standard InChI is InChI=1S/C15H14FN5/c1-2-12-13(16)15(20-9-19-12)21-7-6-18-14(21)10-4-3-5-11(17)8-10/h3-9H,2,17H2,1H3. The van der Waals surface area contributed by atoms with Gasteiger partial charge in [0.2, 0.25) is 0 Å². The van der Waals surface area contributed by atoms with E-state index in [9.17, 15) is 4.39 Å². The van der Waals surface area contributed by atoms with Crippen LogP contribution in [0.5, 0.6) is 0 Å². The van der Waals surface area contributed by atoms with Crippen LogP contribution in [0.1, 0.15) is 12.6 Å². The first-order chi connectivity index (χ1) is 10.2. The van der Waals surface area contributed by atoms with Crippen molar-refractivity contribution >= 4 is 5.69 Å². The molecule has 0 bridgehead atoms. The van der Waals surface area contributed by atoms with Gasteiger partial charge < -0.3 is 5.73 Å². The largest absolute Gasteiger partial charge is 0.399 e. The average Bonchev–Trinajstić information content (AvgIpc) is 2.97. The Kier molecular flexibility index (Phi) is 3.35. The lowest BCUT2D eigenvalue weighted by atomic mass is 10.2. The Morgan fingerprint density at radius 2 is 2.10 bits per heavy atom. The highest BCUT2D eigenvalue weighted by Gasteiger charge is 2.15. The Bertz CT molecular complexity index is 781. The van der Waals surface area contributed by atoms with E-state index in [2.05, 4.69) is 15.0 Å². The molecule has 21 heavy (non-hydrogen) atoms. The molecule has 0 amide bonds. The Labute approximate surface area is 121 Å².